The third-order valence-corrected chi connectivity index (χ3v) is 3.98. The normalized spacial score (nSPS) is 21.4. The van der Waals surface area contributed by atoms with Gasteiger partial charge >= 0.3 is 0 Å². The maximum absolute atomic E-state index is 9.79. The van der Waals surface area contributed by atoms with Gasteiger partial charge in [-0.1, -0.05) is 12.1 Å². The monoisotopic (exact) mass is 253 g/mol. The maximum atomic E-state index is 9.79. The predicted molar refractivity (Wildman–Crippen MR) is 71.7 cm³/mol. The molecule has 1 aliphatic rings. The number of benzene rings is 1. The van der Waals surface area contributed by atoms with Crippen molar-refractivity contribution in [2.24, 2.45) is 0 Å². The van der Waals surface area contributed by atoms with Crippen molar-refractivity contribution < 1.29 is 9.84 Å². The van der Waals surface area contributed by atoms with E-state index < -0.39 is 6.10 Å². The summed E-state index contributed by atoms with van der Waals surface area (Å²) < 4.78 is 5.85. The Hall–Kier alpha value is -0.710. The van der Waals surface area contributed by atoms with E-state index in [4.69, 9.17) is 4.74 Å². The van der Waals surface area contributed by atoms with Crippen LogP contribution in [0, 0.1) is 0 Å². The lowest BCUT2D eigenvalue weighted by molar-refractivity contribution is 0.177. The number of nitrogens with one attached hydrogen (secondary N) is 1. The van der Waals surface area contributed by atoms with Gasteiger partial charge < -0.3 is 15.2 Å². The van der Waals surface area contributed by atoms with Crippen LogP contribution in [0.1, 0.15) is 18.1 Å². The summed E-state index contributed by atoms with van der Waals surface area (Å²) in [5.74, 6) is 3.19. The van der Waals surface area contributed by atoms with E-state index >= 15 is 0 Å². The summed E-state index contributed by atoms with van der Waals surface area (Å²) in [6.45, 7) is 0.569. The Balaban J connectivity index is 1.92. The van der Waals surface area contributed by atoms with E-state index in [0.29, 0.717) is 12.6 Å². The molecule has 2 atom stereocenters. The molecule has 0 aromatic heterocycles. The summed E-state index contributed by atoms with van der Waals surface area (Å²) in [5.41, 5.74) is 0.924. The Morgan fingerprint density at radius 1 is 1.47 bits per heavy atom. The molecule has 0 saturated carbocycles. The van der Waals surface area contributed by atoms with Gasteiger partial charge in [0.15, 0.2) is 0 Å². The molecule has 0 radical (unpaired) electrons. The third kappa shape index (κ3) is 3.63. The Bertz CT molecular complexity index is 336. The van der Waals surface area contributed by atoms with Gasteiger partial charge in [-0.15, -0.1) is 0 Å². The van der Waals surface area contributed by atoms with Crippen LogP contribution in [-0.2, 0) is 0 Å². The van der Waals surface area contributed by atoms with E-state index in [2.05, 4.69) is 5.32 Å². The van der Waals surface area contributed by atoms with Gasteiger partial charge in [-0.25, -0.2) is 0 Å². The molecular formula is C13H19NO2S. The topological polar surface area (TPSA) is 41.5 Å². The first-order chi connectivity index (χ1) is 8.29. The molecule has 1 aromatic rings. The highest BCUT2D eigenvalue weighted by molar-refractivity contribution is 7.99. The first-order valence-corrected chi connectivity index (χ1v) is 7.12. The van der Waals surface area contributed by atoms with Gasteiger partial charge in [-0.05, 0) is 36.9 Å². The second-order valence-electron chi connectivity index (χ2n) is 4.25. The summed E-state index contributed by atoms with van der Waals surface area (Å²) in [6, 6.07) is 7.74. The molecule has 0 amide bonds. The number of rotatable bonds is 5. The molecule has 1 fully saturated rings. The van der Waals surface area contributed by atoms with Crippen molar-refractivity contribution >= 4 is 11.8 Å². The Morgan fingerprint density at radius 2 is 2.24 bits per heavy atom. The first kappa shape index (κ1) is 12.7. The van der Waals surface area contributed by atoms with Crippen molar-refractivity contribution in [3.63, 3.8) is 0 Å². The van der Waals surface area contributed by atoms with E-state index in [1.54, 1.807) is 0 Å². The molecule has 2 N–H and O–H groups in total. The fourth-order valence-corrected chi connectivity index (χ4v) is 2.97. The number of ether oxygens (including phenoxy) is 1. The quantitative estimate of drug-likeness (QED) is 0.840. The van der Waals surface area contributed by atoms with E-state index in [1.807, 2.05) is 43.1 Å². The summed E-state index contributed by atoms with van der Waals surface area (Å²) in [4.78, 5) is 0. The van der Waals surface area contributed by atoms with Crippen molar-refractivity contribution in [2.75, 3.05) is 25.1 Å². The summed E-state index contributed by atoms with van der Waals surface area (Å²) in [7, 11) is 1.83. The second-order valence-corrected chi connectivity index (χ2v) is 5.40. The van der Waals surface area contributed by atoms with Crippen LogP contribution in [0.4, 0.5) is 0 Å². The lowest BCUT2D eigenvalue weighted by Crippen LogP contribution is -2.17. The average molecular weight is 253 g/mol. The van der Waals surface area contributed by atoms with Gasteiger partial charge in [0.25, 0.3) is 0 Å². The zero-order valence-electron chi connectivity index (χ0n) is 10.1. The fraction of sp³-hybridized carbons (Fsp3) is 0.538. The van der Waals surface area contributed by atoms with Gasteiger partial charge in [-0.3, -0.25) is 0 Å². The van der Waals surface area contributed by atoms with Gasteiger partial charge in [-0.2, -0.15) is 11.8 Å². The molecule has 1 saturated heterocycles. The van der Waals surface area contributed by atoms with Gasteiger partial charge in [0.1, 0.15) is 11.9 Å². The molecule has 2 unspecified atom stereocenters. The zero-order chi connectivity index (χ0) is 12.1. The number of aliphatic hydroxyl groups is 1. The van der Waals surface area contributed by atoms with E-state index in [0.717, 1.165) is 23.5 Å². The van der Waals surface area contributed by atoms with Crippen molar-refractivity contribution in [1.82, 2.24) is 5.32 Å². The highest BCUT2D eigenvalue weighted by Gasteiger charge is 2.17. The van der Waals surface area contributed by atoms with Gasteiger partial charge in [0.05, 0.1) is 6.10 Å². The van der Waals surface area contributed by atoms with Crippen molar-refractivity contribution in [1.29, 1.82) is 0 Å². The highest BCUT2D eigenvalue weighted by Crippen LogP contribution is 2.24. The SMILES string of the molecule is CNCC(O)c1ccc(OC2CCSC2)cc1. The number of thioether (sulfide) groups is 1. The molecule has 0 aliphatic carbocycles. The zero-order valence-corrected chi connectivity index (χ0v) is 10.9. The second kappa shape index (κ2) is 6.28. The number of hydrogen-bond acceptors (Lipinski definition) is 4. The van der Waals surface area contributed by atoms with Crippen LogP contribution in [0.3, 0.4) is 0 Å². The minimum atomic E-state index is -0.448. The Kier molecular flexibility index (Phi) is 4.71. The summed E-state index contributed by atoms with van der Waals surface area (Å²) in [6.07, 6.45) is 1.04. The fourth-order valence-electron chi connectivity index (χ4n) is 1.88. The molecule has 3 nitrogen and oxygen atoms in total. The Labute approximate surface area is 107 Å². The molecule has 4 heteroatoms. The van der Waals surface area contributed by atoms with Crippen LogP contribution in [-0.4, -0.2) is 36.3 Å². The molecule has 0 spiro atoms. The van der Waals surface area contributed by atoms with E-state index in [9.17, 15) is 5.11 Å². The molecule has 1 aliphatic heterocycles. The molecule has 94 valence electrons. The van der Waals surface area contributed by atoms with Crippen LogP contribution in [0.5, 0.6) is 5.75 Å². The van der Waals surface area contributed by atoms with E-state index in [1.165, 1.54) is 5.75 Å². The smallest absolute Gasteiger partial charge is 0.119 e. The van der Waals surface area contributed by atoms with Crippen LogP contribution in [0.25, 0.3) is 0 Å². The van der Waals surface area contributed by atoms with Gasteiger partial charge in [0.2, 0.25) is 0 Å². The minimum absolute atomic E-state index is 0.355. The number of aliphatic hydroxyl groups excluding tert-OH is 1. The lowest BCUT2D eigenvalue weighted by atomic mass is 10.1. The average Bonchev–Trinajstić information content (AvgIpc) is 2.83. The number of hydrogen-bond donors (Lipinski definition) is 2. The lowest BCUT2D eigenvalue weighted by Gasteiger charge is -2.14. The first-order valence-electron chi connectivity index (χ1n) is 5.96. The summed E-state index contributed by atoms with van der Waals surface area (Å²) >= 11 is 1.94. The minimum Gasteiger partial charge on any atom is -0.490 e. The van der Waals surface area contributed by atoms with Crippen LogP contribution < -0.4 is 10.1 Å². The van der Waals surface area contributed by atoms with Crippen LogP contribution >= 0.6 is 11.8 Å². The highest BCUT2D eigenvalue weighted by atomic mass is 32.2. The molecule has 0 bridgehead atoms. The molecular weight excluding hydrogens is 234 g/mol. The van der Waals surface area contributed by atoms with Crippen molar-refractivity contribution in [3.05, 3.63) is 29.8 Å². The van der Waals surface area contributed by atoms with E-state index in [-0.39, 0.29) is 0 Å². The summed E-state index contributed by atoms with van der Waals surface area (Å²) in [5, 5.41) is 12.7. The molecule has 2 rings (SSSR count). The van der Waals surface area contributed by atoms with Crippen LogP contribution in [0.15, 0.2) is 24.3 Å². The largest absolute Gasteiger partial charge is 0.490 e. The third-order valence-electron chi connectivity index (χ3n) is 2.85. The molecule has 1 aromatic carbocycles. The number of likely N-dealkylation sites (N-methyl/N-ethyl adjacent to an activating group) is 1. The van der Waals surface area contributed by atoms with Crippen molar-refractivity contribution in [2.45, 2.75) is 18.6 Å². The maximum Gasteiger partial charge on any atom is 0.119 e. The van der Waals surface area contributed by atoms with Crippen molar-refractivity contribution in [3.8, 4) is 5.75 Å². The molecule has 1 heterocycles. The Morgan fingerprint density at radius 3 is 2.82 bits per heavy atom. The standard InChI is InChI=1S/C13H19NO2S/c1-14-8-13(15)10-2-4-11(5-3-10)16-12-6-7-17-9-12/h2-5,12-15H,6-9H2,1H3. The predicted octanol–water partition coefficient (Wildman–Crippen LogP) is 1.82. The molecule has 17 heavy (non-hydrogen) atoms. The van der Waals surface area contributed by atoms with Crippen LogP contribution in [0.2, 0.25) is 0 Å². The van der Waals surface area contributed by atoms with Gasteiger partial charge in [0, 0.05) is 12.3 Å².